The third-order valence-electron chi connectivity index (χ3n) is 2.35. The minimum absolute atomic E-state index is 0.0291. The Bertz CT molecular complexity index is 433. The van der Waals surface area contributed by atoms with E-state index in [4.69, 9.17) is 21.1 Å². The summed E-state index contributed by atoms with van der Waals surface area (Å²) < 4.78 is 10.1. The predicted molar refractivity (Wildman–Crippen MR) is 79.7 cm³/mol. The molecule has 0 unspecified atom stereocenters. The molecule has 0 aliphatic carbocycles. The lowest BCUT2D eigenvalue weighted by molar-refractivity contribution is -0.141. The van der Waals surface area contributed by atoms with E-state index in [1.165, 1.54) is 11.8 Å². The molecule has 1 aromatic rings. The first-order valence-electron chi connectivity index (χ1n) is 6.22. The Kier molecular flexibility index (Phi) is 8.34. The molecule has 0 atom stereocenters. The molecule has 0 aromatic heterocycles. The number of hydrogen-bond donors (Lipinski definition) is 0. The van der Waals surface area contributed by atoms with Gasteiger partial charge in [-0.1, -0.05) is 12.1 Å². The van der Waals surface area contributed by atoms with Gasteiger partial charge in [-0.15, -0.1) is 23.4 Å². The fraction of sp³-hybridized carbons (Fsp3) is 0.429. The zero-order chi connectivity index (χ0) is 14.8. The van der Waals surface area contributed by atoms with E-state index in [0.717, 1.165) is 4.90 Å². The van der Waals surface area contributed by atoms with Crippen molar-refractivity contribution in [3.63, 3.8) is 0 Å². The molecule has 1 rings (SSSR count). The highest BCUT2D eigenvalue weighted by atomic mass is 35.5. The number of benzene rings is 1. The normalized spacial score (nSPS) is 10.3. The standard InChI is InChI=1S/C14H17ClO4S/c1-2-18-7-8-19-14(17)10-20-12-5-3-11(4-6-12)13(16)9-15/h3-6H,2,7-10H2,1H3. The van der Waals surface area contributed by atoms with Gasteiger partial charge < -0.3 is 9.47 Å². The van der Waals surface area contributed by atoms with Gasteiger partial charge in [0.05, 0.1) is 18.2 Å². The van der Waals surface area contributed by atoms with Crippen LogP contribution in [-0.4, -0.2) is 43.2 Å². The number of halogens is 1. The highest BCUT2D eigenvalue weighted by Gasteiger charge is 2.06. The molecule has 0 aliphatic heterocycles. The summed E-state index contributed by atoms with van der Waals surface area (Å²) in [6, 6.07) is 6.98. The van der Waals surface area contributed by atoms with Crippen LogP contribution in [0.15, 0.2) is 29.2 Å². The van der Waals surface area contributed by atoms with Gasteiger partial charge in [0.1, 0.15) is 6.61 Å². The van der Waals surface area contributed by atoms with Crippen LogP contribution in [0.5, 0.6) is 0 Å². The maximum absolute atomic E-state index is 11.4. The van der Waals surface area contributed by atoms with Gasteiger partial charge in [0.15, 0.2) is 5.78 Å². The quantitative estimate of drug-likeness (QED) is 0.230. The second-order valence-corrected chi connectivity index (χ2v) is 5.10. The molecule has 0 heterocycles. The number of rotatable bonds is 9. The van der Waals surface area contributed by atoms with Gasteiger partial charge in [0, 0.05) is 17.1 Å². The first-order chi connectivity index (χ1) is 9.67. The molecule has 0 spiro atoms. The Morgan fingerprint density at radius 3 is 2.50 bits per heavy atom. The van der Waals surface area contributed by atoms with Gasteiger partial charge in [-0.2, -0.15) is 0 Å². The number of hydrogen-bond acceptors (Lipinski definition) is 5. The van der Waals surface area contributed by atoms with E-state index in [1.807, 2.05) is 6.92 Å². The van der Waals surface area contributed by atoms with Crippen LogP contribution in [0.4, 0.5) is 0 Å². The summed E-state index contributed by atoms with van der Waals surface area (Å²) in [5.74, 6) is -0.192. The molecule has 6 heteroatoms. The van der Waals surface area contributed by atoms with Crippen molar-refractivity contribution in [2.75, 3.05) is 31.5 Å². The third kappa shape index (κ3) is 6.41. The van der Waals surface area contributed by atoms with Gasteiger partial charge in [-0.05, 0) is 19.1 Å². The number of ether oxygens (including phenoxy) is 2. The van der Waals surface area contributed by atoms with Crippen LogP contribution >= 0.6 is 23.4 Å². The summed E-state index contributed by atoms with van der Waals surface area (Å²) in [4.78, 5) is 23.7. The molecule has 0 radical (unpaired) electrons. The fourth-order valence-electron chi connectivity index (χ4n) is 1.36. The lowest BCUT2D eigenvalue weighted by Crippen LogP contribution is -2.12. The van der Waals surface area contributed by atoms with E-state index >= 15 is 0 Å². The summed E-state index contributed by atoms with van der Waals surface area (Å²) in [6.07, 6.45) is 0. The Balaban J connectivity index is 2.31. The lowest BCUT2D eigenvalue weighted by Gasteiger charge is -2.05. The monoisotopic (exact) mass is 316 g/mol. The van der Waals surface area contributed by atoms with E-state index in [0.29, 0.717) is 18.8 Å². The van der Waals surface area contributed by atoms with E-state index < -0.39 is 0 Å². The highest BCUT2D eigenvalue weighted by molar-refractivity contribution is 8.00. The van der Waals surface area contributed by atoms with Crippen molar-refractivity contribution in [2.45, 2.75) is 11.8 Å². The fourth-order valence-corrected chi connectivity index (χ4v) is 2.21. The highest BCUT2D eigenvalue weighted by Crippen LogP contribution is 2.18. The Labute approximate surface area is 127 Å². The van der Waals surface area contributed by atoms with Gasteiger partial charge >= 0.3 is 5.97 Å². The molecule has 110 valence electrons. The molecule has 0 aliphatic rings. The van der Waals surface area contributed by atoms with E-state index in [9.17, 15) is 9.59 Å². The van der Waals surface area contributed by atoms with Crippen molar-refractivity contribution in [2.24, 2.45) is 0 Å². The van der Waals surface area contributed by atoms with Crippen molar-refractivity contribution in [3.8, 4) is 0 Å². The minimum Gasteiger partial charge on any atom is -0.463 e. The number of ketones is 1. The van der Waals surface area contributed by atoms with Gasteiger partial charge in [-0.3, -0.25) is 9.59 Å². The Hall–Kier alpha value is -1.04. The van der Waals surface area contributed by atoms with Gasteiger partial charge in [0.25, 0.3) is 0 Å². The van der Waals surface area contributed by atoms with Crippen LogP contribution < -0.4 is 0 Å². The second kappa shape index (κ2) is 9.80. The molecule has 4 nitrogen and oxygen atoms in total. The van der Waals surface area contributed by atoms with Crippen LogP contribution in [0, 0.1) is 0 Å². The Morgan fingerprint density at radius 2 is 1.90 bits per heavy atom. The summed E-state index contributed by atoms with van der Waals surface area (Å²) >= 11 is 6.83. The summed E-state index contributed by atoms with van der Waals surface area (Å²) in [5.41, 5.74) is 0.573. The van der Waals surface area contributed by atoms with E-state index in [1.54, 1.807) is 24.3 Å². The molecule has 0 amide bonds. The third-order valence-corrected chi connectivity index (χ3v) is 3.58. The van der Waals surface area contributed by atoms with Crippen LogP contribution in [0.2, 0.25) is 0 Å². The zero-order valence-corrected chi connectivity index (χ0v) is 12.8. The van der Waals surface area contributed by atoms with Crippen LogP contribution in [0.3, 0.4) is 0 Å². The largest absolute Gasteiger partial charge is 0.463 e. The van der Waals surface area contributed by atoms with Crippen molar-refractivity contribution in [1.29, 1.82) is 0 Å². The average Bonchev–Trinajstić information content (AvgIpc) is 2.49. The molecule has 0 saturated carbocycles. The van der Waals surface area contributed by atoms with Crippen molar-refractivity contribution in [3.05, 3.63) is 29.8 Å². The van der Waals surface area contributed by atoms with E-state index in [-0.39, 0.29) is 30.0 Å². The SMILES string of the molecule is CCOCCOC(=O)CSc1ccc(C(=O)CCl)cc1. The molecule has 0 bridgehead atoms. The van der Waals surface area contributed by atoms with Gasteiger partial charge in [0.2, 0.25) is 0 Å². The number of esters is 1. The van der Waals surface area contributed by atoms with Crippen molar-refractivity contribution >= 4 is 35.1 Å². The molecule has 20 heavy (non-hydrogen) atoms. The maximum atomic E-state index is 11.4. The van der Waals surface area contributed by atoms with Crippen molar-refractivity contribution < 1.29 is 19.1 Å². The second-order valence-electron chi connectivity index (χ2n) is 3.79. The zero-order valence-electron chi connectivity index (χ0n) is 11.3. The van der Waals surface area contributed by atoms with Crippen molar-refractivity contribution in [1.82, 2.24) is 0 Å². The summed E-state index contributed by atoms with van der Waals surface area (Å²) in [6.45, 7) is 3.19. The van der Waals surface area contributed by atoms with Gasteiger partial charge in [-0.25, -0.2) is 0 Å². The van der Waals surface area contributed by atoms with Crippen LogP contribution in [-0.2, 0) is 14.3 Å². The summed E-state index contributed by atoms with van der Waals surface area (Å²) in [5, 5.41) is 0. The number of Topliss-reactive ketones (excluding diaryl/α,β-unsaturated/α-hetero) is 1. The number of thioether (sulfide) groups is 1. The molecule has 0 saturated heterocycles. The number of carbonyl (C=O) groups is 2. The molecule has 1 aromatic carbocycles. The van der Waals surface area contributed by atoms with Crippen LogP contribution in [0.1, 0.15) is 17.3 Å². The molecular weight excluding hydrogens is 300 g/mol. The first-order valence-corrected chi connectivity index (χ1v) is 7.74. The van der Waals surface area contributed by atoms with Crippen LogP contribution in [0.25, 0.3) is 0 Å². The average molecular weight is 317 g/mol. The molecule has 0 fully saturated rings. The minimum atomic E-state index is -0.282. The predicted octanol–water partition coefficient (Wildman–Crippen LogP) is 2.78. The maximum Gasteiger partial charge on any atom is 0.316 e. The smallest absolute Gasteiger partial charge is 0.316 e. The molecular formula is C14H17ClO4S. The van der Waals surface area contributed by atoms with E-state index in [2.05, 4.69) is 0 Å². The number of alkyl halides is 1. The Morgan fingerprint density at radius 1 is 1.20 bits per heavy atom. The summed E-state index contributed by atoms with van der Waals surface area (Å²) in [7, 11) is 0. The topological polar surface area (TPSA) is 52.6 Å². The number of carbonyl (C=O) groups excluding carboxylic acids is 2. The molecule has 0 N–H and O–H groups in total. The first kappa shape index (κ1) is 17.0. The lowest BCUT2D eigenvalue weighted by atomic mass is 10.1.